The summed E-state index contributed by atoms with van der Waals surface area (Å²) in [5.74, 6) is 0.969. The Hall–Kier alpha value is -2.57. The van der Waals surface area contributed by atoms with Gasteiger partial charge < -0.3 is 10.0 Å². The number of piperazine rings is 1. The first-order valence-corrected chi connectivity index (χ1v) is 9.76. The van der Waals surface area contributed by atoms with Crippen molar-refractivity contribution in [1.29, 1.82) is 0 Å². The molecule has 0 aliphatic carbocycles. The maximum absolute atomic E-state index is 9.63. The Morgan fingerprint density at radius 1 is 1.07 bits per heavy atom. The molecule has 0 spiro atoms. The first-order chi connectivity index (χ1) is 13.5. The van der Waals surface area contributed by atoms with Crippen LogP contribution in [0, 0.1) is 0 Å². The number of rotatable bonds is 6. The molecule has 0 radical (unpaired) electrons. The second-order valence-electron chi connectivity index (χ2n) is 7.12. The summed E-state index contributed by atoms with van der Waals surface area (Å²) in [5, 5.41) is 9.63. The van der Waals surface area contributed by atoms with Gasteiger partial charge in [0.25, 0.3) is 0 Å². The third kappa shape index (κ3) is 4.46. The molecule has 1 aliphatic heterocycles. The van der Waals surface area contributed by atoms with E-state index in [1.165, 1.54) is 5.56 Å². The fourth-order valence-electron chi connectivity index (χ4n) is 3.56. The standard InChI is InChI=1S/C22H29N5O/c1-5-24-20-8-6-18(14-21(20)23-4)16(2)26-10-12-27(13-11-26)22-9-7-19(15-25-22)17(3)28/h5-9,14-17,28H,4,10-13H2,1-3H3/b24-5-. The van der Waals surface area contributed by atoms with E-state index in [2.05, 4.69) is 50.5 Å². The van der Waals surface area contributed by atoms with E-state index in [9.17, 15) is 5.11 Å². The maximum atomic E-state index is 9.63. The minimum Gasteiger partial charge on any atom is -0.389 e. The Bertz CT molecular complexity index is 823. The van der Waals surface area contributed by atoms with Crippen LogP contribution in [0.4, 0.5) is 17.2 Å². The molecule has 3 rings (SSSR count). The number of aliphatic imine (C=N–C) groups is 2. The maximum Gasteiger partial charge on any atom is 0.128 e. The van der Waals surface area contributed by atoms with Gasteiger partial charge in [-0.15, -0.1) is 0 Å². The molecule has 28 heavy (non-hydrogen) atoms. The summed E-state index contributed by atoms with van der Waals surface area (Å²) < 4.78 is 0. The van der Waals surface area contributed by atoms with E-state index >= 15 is 0 Å². The smallest absolute Gasteiger partial charge is 0.128 e. The van der Waals surface area contributed by atoms with E-state index < -0.39 is 6.10 Å². The highest BCUT2D eigenvalue weighted by molar-refractivity contribution is 5.71. The lowest BCUT2D eigenvalue weighted by Gasteiger charge is -2.38. The van der Waals surface area contributed by atoms with Gasteiger partial charge in [0.15, 0.2) is 0 Å². The molecule has 0 amide bonds. The zero-order valence-electron chi connectivity index (χ0n) is 16.9. The summed E-state index contributed by atoms with van der Waals surface area (Å²) in [6.45, 7) is 13.4. The molecule has 2 aromatic rings. The second-order valence-corrected chi connectivity index (χ2v) is 7.12. The third-order valence-corrected chi connectivity index (χ3v) is 5.36. The third-order valence-electron chi connectivity index (χ3n) is 5.36. The average molecular weight is 380 g/mol. The van der Waals surface area contributed by atoms with Crippen molar-refractivity contribution in [2.24, 2.45) is 9.98 Å². The van der Waals surface area contributed by atoms with E-state index in [4.69, 9.17) is 0 Å². The van der Waals surface area contributed by atoms with Crippen LogP contribution in [-0.2, 0) is 0 Å². The fraction of sp³-hybridized carbons (Fsp3) is 0.409. The molecule has 6 heteroatoms. The minimum absolute atomic E-state index is 0.299. The number of hydrogen-bond donors (Lipinski definition) is 1. The van der Waals surface area contributed by atoms with Gasteiger partial charge in [-0.2, -0.15) is 0 Å². The fourth-order valence-corrected chi connectivity index (χ4v) is 3.56. The molecule has 0 saturated carbocycles. The van der Waals surface area contributed by atoms with Gasteiger partial charge in [-0.1, -0.05) is 12.1 Å². The highest BCUT2D eigenvalue weighted by Gasteiger charge is 2.23. The molecular formula is C22H29N5O. The number of pyridine rings is 1. The summed E-state index contributed by atoms with van der Waals surface area (Å²) in [7, 11) is 0. The molecule has 1 aliphatic rings. The number of aromatic nitrogens is 1. The van der Waals surface area contributed by atoms with Gasteiger partial charge in [-0.3, -0.25) is 14.9 Å². The van der Waals surface area contributed by atoms with Crippen molar-refractivity contribution in [3.8, 4) is 0 Å². The lowest BCUT2D eigenvalue weighted by molar-refractivity contribution is 0.197. The van der Waals surface area contributed by atoms with Crippen molar-refractivity contribution in [3.63, 3.8) is 0 Å². The van der Waals surface area contributed by atoms with Gasteiger partial charge in [0, 0.05) is 44.6 Å². The van der Waals surface area contributed by atoms with Crippen molar-refractivity contribution < 1.29 is 5.11 Å². The number of nitrogens with zero attached hydrogens (tertiary/aromatic N) is 5. The van der Waals surface area contributed by atoms with E-state index in [0.717, 1.165) is 48.9 Å². The summed E-state index contributed by atoms with van der Waals surface area (Å²) in [4.78, 5) is 17.8. The molecule has 2 unspecified atom stereocenters. The lowest BCUT2D eigenvalue weighted by atomic mass is 10.0. The van der Waals surface area contributed by atoms with E-state index in [1.807, 2.05) is 25.1 Å². The van der Waals surface area contributed by atoms with E-state index in [0.29, 0.717) is 6.04 Å². The van der Waals surface area contributed by atoms with Crippen LogP contribution in [0.1, 0.15) is 44.0 Å². The Balaban J connectivity index is 1.65. The SMILES string of the molecule is C=Nc1cc(C(C)N2CCN(c3ccc(C(C)O)cn3)CC2)ccc1/N=C\C. The molecule has 1 saturated heterocycles. The molecule has 1 N–H and O–H groups in total. The largest absolute Gasteiger partial charge is 0.389 e. The van der Waals surface area contributed by atoms with Gasteiger partial charge in [-0.25, -0.2) is 4.98 Å². The summed E-state index contributed by atoms with van der Waals surface area (Å²) in [5.41, 5.74) is 3.75. The Labute approximate surface area is 167 Å². The Kier molecular flexibility index (Phi) is 6.54. The van der Waals surface area contributed by atoms with Crippen molar-refractivity contribution in [2.45, 2.75) is 32.9 Å². The first kappa shape index (κ1) is 20.2. The highest BCUT2D eigenvalue weighted by Crippen LogP contribution is 2.32. The molecule has 1 aromatic heterocycles. The number of benzene rings is 1. The molecule has 0 bridgehead atoms. The van der Waals surface area contributed by atoms with Crippen LogP contribution in [-0.4, -0.2) is 54.1 Å². The van der Waals surface area contributed by atoms with Gasteiger partial charge in [0.05, 0.1) is 17.5 Å². The Morgan fingerprint density at radius 3 is 2.36 bits per heavy atom. The summed E-state index contributed by atoms with van der Waals surface area (Å²) in [6, 6.07) is 10.5. The monoisotopic (exact) mass is 379 g/mol. The van der Waals surface area contributed by atoms with Crippen molar-refractivity contribution in [3.05, 3.63) is 47.7 Å². The van der Waals surface area contributed by atoms with E-state index in [-0.39, 0.29) is 0 Å². The molecule has 6 nitrogen and oxygen atoms in total. The predicted molar refractivity (Wildman–Crippen MR) is 117 cm³/mol. The quantitative estimate of drug-likeness (QED) is 0.769. The molecule has 1 fully saturated rings. The van der Waals surface area contributed by atoms with Crippen LogP contribution in [0.5, 0.6) is 0 Å². The molecule has 148 valence electrons. The molecule has 1 aromatic carbocycles. The number of anilines is 1. The van der Waals surface area contributed by atoms with E-state index in [1.54, 1.807) is 19.3 Å². The van der Waals surface area contributed by atoms with Gasteiger partial charge >= 0.3 is 0 Å². The van der Waals surface area contributed by atoms with Gasteiger partial charge in [0.1, 0.15) is 5.82 Å². The average Bonchev–Trinajstić information content (AvgIpc) is 2.74. The molecule has 2 atom stereocenters. The van der Waals surface area contributed by atoms with Gasteiger partial charge in [0.2, 0.25) is 0 Å². The topological polar surface area (TPSA) is 64.3 Å². The van der Waals surface area contributed by atoms with Crippen LogP contribution in [0.3, 0.4) is 0 Å². The second kappa shape index (κ2) is 9.08. The van der Waals surface area contributed by atoms with Crippen LogP contribution >= 0.6 is 0 Å². The minimum atomic E-state index is -0.483. The van der Waals surface area contributed by atoms with Crippen molar-refractivity contribution in [1.82, 2.24) is 9.88 Å². The molecular weight excluding hydrogens is 350 g/mol. The number of aliphatic hydroxyl groups is 1. The Morgan fingerprint density at radius 2 is 1.79 bits per heavy atom. The van der Waals surface area contributed by atoms with Crippen molar-refractivity contribution in [2.75, 3.05) is 31.1 Å². The van der Waals surface area contributed by atoms with Crippen LogP contribution < -0.4 is 4.90 Å². The van der Waals surface area contributed by atoms with Crippen LogP contribution in [0.15, 0.2) is 46.5 Å². The number of aliphatic hydroxyl groups excluding tert-OH is 1. The predicted octanol–water partition coefficient (Wildman–Crippen LogP) is 4.07. The summed E-state index contributed by atoms with van der Waals surface area (Å²) >= 11 is 0. The zero-order valence-corrected chi connectivity index (χ0v) is 16.9. The zero-order chi connectivity index (χ0) is 20.1. The first-order valence-electron chi connectivity index (χ1n) is 9.76. The van der Waals surface area contributed by atoms with Crippen LogP contribution in [0.2, 0.25) is 0 Å². The molecule has 2 heterocycles. The highest BCUT2D eigenvalue weighted by atomic mass is 16.3. The van der Waals surface area contributed by atoms with Crippen LogP contribution in [0.25, 0.3) is 0 Å². The van der Waals surface area contributed by atoms with Crippen molar-refractivity contribution >= 4 is 30.1 Å². The summed E-state index contributed by atoms with van der Waals surface area (Å²) in [6.07, 6.45) is 3.05. The normalized spacial score (nSPS) is 17.6. The van der Waals surface area contributed by atoms with Gasteiger partial charge in [-0.05, 0) is 56.8 Å². The lowest BCUT2D eigenvalue weighted by Crippen LogP contribution is -2.47. The number of hydrogen-bond acceptors (Lipinski definition) is 6.